The molecule has 0 radical (unpaired) electrons. The summed E-state index contributed by atoms with van der Waals surface area (Å²) in [7, 11) is 0. The molecule has 0 saturated heterocycles. The molecule has 0 fully saturated rings. The van der Waals surface area contributed by atoms with Crippen LogP contribution in [-0.4, -0.2) is 11.2 Å². The number of benzene rings is 6. The van der Waals surface area contributed by atoms with Gasteiger partial charge in [-0.25, -0.2) is 4.98 Å². The molecule has 6 aromatic carbocycles. The van der Waals surface area contributed by atoms with Crippen LogP contribution in [0.25, 0.3) is 55.2 Å². The highest BCUT2D eigenvalue weighted by atomic mass is 16.3. The Labute approximate surface area is 239 Å². The van der Waals surface area contributed by atoms with Gasteiger partial charge < -0.3 is 4.42 Å². The zero-order valence-electron chi connectivity index (χ0n) is 23.4. The molecule has 0 amide bonds. The summed E-state index contributed by atoms with van der Waals surface area (Å²) in [6, 6.07) is 42.2. The Balaban J connectivity index is 1.37. The predicted octanol–water partition coefficient (Wildman–Crippen LogP) is 10.5. The Morgan fingerprint density at radius 3 is 2.24 bits per heavy atom. The van der Waals surface area contributed by atoms with Crippen LogP contribution in [-0.2, 0) is 5.41 Å². The van der Waals surface area contributed by atoms with Crippen LogP contribution >= 0.6 is 0 Å². The summed E-state index contributed by atoms with van der Waals surface area (Å²) >= 11 is 0. The molecule has 0 aliphatic rings. The molecule has 3 nitrogen and oxygen atoms in total. The molecule has 0 spiro atoms. The minimum absolute atomic E-state index is 0.0482. The topological polar surface area (TPSA) is 38.4 Å². The monoisotopic (exact) mass is 530 g/mol. The van der Waals surface area contributed by atoms with Gasteiger partial charge in [0.25, 0.3) is 0 Å². The predicted molar refractivity (Wildman–Crippen MR) is 172 cm³/mol. The standard InChI is InChI=1S/C38H30N2O/c1-38(2,3)30-22-33(28-20-19-25-11-4-5-13-27(25)21-28)36-35(23-30)41-37(40-36)32-17-8-9-18-34(32)39-24-29-15-10-14-26-12-6-7-16-31(26)29/h4-24H,1-3H3. The summed E-state index contributed by atoms with van der Waals surface area (Å²) < 4.78 is 6.52. The van der Waals surface area contributed by atoms with E-state index in [9.17, 15) is 0 Å². The van der Waals surface area contributed by atoms with Crippen molar-refractivity contribution in [2.45, 2.75) is 26.2 Å². The molecule has 41 heavy (non-hydrogen) atoms. The molecule has 0 saturated carbocycles. The lowest BCUT2D eigenvalue weighted by Crippen LogP contribution is -2.11. The van der Waals surface area contributed by atoms with Crippen molar-refractivity contribution in [1.29, 1.82) is 0 Å². The molecule has 0 bridgehead atoms. The van der Waals surface area contributed by atoms with Crippen LogP contribution in [0.3, 0.4) is 0 Å². The van der Waals surface area contributed by atoms with Crippen LogP contribution in [0, 0.1) is 0 Å². The van der Waals surface area contributed by atoms with E-state index in [0.717, 1.165) is 39.0 Å². The van der Waals surface area contributed by atoms with Crippen LogP contribution in [0.2, 0.25) is 0 Å². The molecule has 0 aliphatic heterocycles. The Morgan fingerprint density at radius 2 is 1.39 bits per heavy atom. The lowest BCUT2D eigenvalue weighted by Gasteiger charge is -2.20. The van der Waals surface area contributed by atoms with Crippen molar-refractivity contribution in [2.24, 2.45) is 4.99 Å². The fourth-order valence-corrected chi connectivity index (χ4v) is 5.42. The Morgan fingerprint density at radius 1 is 0.659 bits per heavy atom. The van der Waals surface area contributed by atoms with Crippen LogP contribution < -0.4 is 0 Å². The van der Waals surface area contributed by atoms with Crippen LogP contribution in [0.4, 0.5) is 5.69 Å². The van der Waals surface area contributed by atoms with Gasteiger partial charge in [0.1, 0.15) is 5.52 Å². The van der Waals surface area contributed by atoms with E-state index in [2.05, 4.69) is 118 Å². The summed E-state index contributed by atoms with van der Waals surface area (Å²) in [5.74, 6) is 0.568. The van der Waals surface area contributed by atoms with Crippen LogP contribution in [0.15, 0.2) is 131 Å². The molecule has 7 rings (SSSR count). The van der Waals surface area contributed by atoms with E-state index in [4.69, 9.17) is 14.4 Å². The molecule has 198 valence electrons. The third-order valence-corrected chi connectivity index (χ3v) is 7.72. The third-order valence-electron chi connectivity index (χ3n) is 7.72. The van der Waals surface area contributed by atoms with Gasteiger partial charge in [0.2, 0.25) is 5.89 Å². The number of para-hydroxylation sites is 1. The molecule has 3 heteroatoms. The van der Waals surface area contributed by atoms with Crippen molar-refractivity contribution >= 4 is 44.5 Å². The average Bonchev–Trinajstić information content (AvgIpc) is 3.43. The Kier molecular flexibility index (Phi) is 6.01. The second-order valence-corrected chi connectivity index (χ2v) is 11.5. The number of hydrogen-bond acceptors (Lipinski definition) is 3. The highest BCUT2D eigenvalue weighted by Gasteiger charge is 2.21. The first-order valence-electron chi connectivity index (χ1n) is 14.0. The summed E-state index contributed by atoms with van der Waals surface area (Å²) in [4.78, 5) is 10.0. The molecule has 0 aliphatic carbocycles. The first-order chi connectivity index (χ1) is 19.9. The van der Waals surface area contributed by atoms with Crippen molar-refractivity contribution in [1.82, 2.24) is 4.98 Å². The summed E-state index contributed by atoms with van der Waals surface area (Å²) in [5, 5.41) is 4.79. The molecule has 0 unspecified atom stereocenters. The number of nitrogens with zero attached hydrogens (tertiary/aromatic N) is 2. The zero-order chi connectivity index (χ0) is 28.0. The normalized spacial score (nSPS) is 12.2. The Bertz CT molecular complexity index is 2090. The zero-order valence-corrected chi connectivity index (χ0v) is 23.4. The summed E-state index contributed by atoms with van der Waals surface area (Å²) in [6.45, 7) is 6.69. The maximum Gasteiger partial charge on any atom is 0.229 e. The largest absolute Gasteiger partial charge is 0.436 e. The van der Waals surface area contributed by atoms with E-state index < -0.39 is 0 Å². The van der Waals surface area contributed by atoms with E-state index >= 15 is 0 Å². The molecule has 1 heterocycles. The van der Waals surface area contributed by atoms with E-state index in [1.165, 1.54) is 27.1 Å². The van der Waals surface area contributed by atoms with Crippen molar-refractivity contribution in [3.63, 3.8) is 0 Å². The minimum Gasteiger partial charge on any atom is -0.436 e. The maximum atomic E-state index is 6.52. The van der Waals surface area contributed by atoms with Crippen molar-refractivity contribution in [2.75, 3.05) is 0 Å². The molecule has 7 aromatic rings. The number of aliphatic imine (C=N–C) groups is 1. The highest BCUT2D eigenvalue weighted by Crippen LogP contribution is 2.39. The second-order valence-electron chi connectivity index (χ2n) is 11.5. The van der Waals surface area contributed by atoms with Gasteiger partial charge in [-0.15, -0.1) is 0 Å². The SMILES string of the molecule is CC(C)(C)c1cc(-c2ccc3ccccc3c2)c2nc(-c3ccccc3N=Cc3cccc4ccccc34)oc2c1. The molecular weight excluding hydrogens is 500 g/mol. The van der Waals surface area contributed by atoms with Gasteiger partial charge in [0.15, 0.2) is 5.58 Å². The lowest BCUT2D eigenvalue weighted by molar-refractivity contribution is 0.584. The lowest BCUT2D eigenvalue weighted by atomic mass is 9.85. The molecule has 0 N–H and O–H groups in total. The first kappa shape index (κ1) is 25.0. The number of aromatic nitrogens is 1. The van der Waals surface area contributed by atoms with Crippen molar-refractivity contribution < 1.29 is 4.42 Å². The minimum atomic E-state index is -0.0482. The third kappa shape index (κ3) is 4.70. The number of hydrogen-bond donors (Lipinski definition) is 0. The average molecular weight is 531 g/mol. The van der Waals surface area contributed by atoms with Gasteiger partial charge in [-0.1, -0.05) is 112 Å². The number of rotatable bonds is 4. The van der Waals surface area contributed by atoms with Gasteiger partial charge >= 0.3 is 0 Å². The summed E-state index contributed by atoms with van der Waals surface area (Å²) in [5.41, 5.74) is 7.75. The molecular formula is C38H30N2O. The van der Waals surface area contributed by atoms with E-state index in [1.807, 2.05) is 30.5 Å². The van der Waals surface area contributed by atoms with Crippen molar-refractivity contribution in [3.8, 4) is 22.6 Å². The quantitative estimate of drug-likeness (QED) is 0.212. The fourth-order valence-electron chi connectivity index (χ4n) is 5.42. The smallest absolute Gasteiger partial charge is 0.229 e. The van der Waals surface area contributed by atoms with Crippen LogP contribution in [0.5, 0.6) is 0 Å². The first-order valence-corrected chi connectivity index (χ1v) is 14.0. The van der Waals surface area contributed by atoms with Gasteiger partial charge in [-0.3, -0.25) is 4.99 Å². The Hall–Kier alpha value is -5.02. The number of fused-ring (bicyclic) bond motifs is 3. The summed E-state index contributed by atoms with van der Waals surface area (Å²) in [6.07, 6.45) is 1.93. The van der Waals surface area contributed by atoms with Gasteiger partial charge in [-0.05, 0) is 68.4 Å². The number of oxazole rings is 1. The van der Waals surface area contributed by atoms with Crippen molar-refractivity contribution in [3.05, 3.63) is 132 Å². The maximum absolute atomic E-state index is 6.52. The van der Waals surface area contributed by atoms with Gasteiger partial charge in [0.05, 0.1) is 11.3 Å². The molecule has 1 aromatic heterocycles. The second kappa shape index (κ2) is 9.87. The van der Waals surface area contributed by atoms with E-state index in [1.54, 1.807) is 0 Å². The highest BCUT2D eigenvalue weighted by molar-refractivity contribution is 6.01. The van der Waals surface area contributed by atoms with Crippen LogP contribution in [0.1, 0.15) is 31.9 Å². The van der Waals surface area contributed by atoms with Gasteiger partial charge in [0, 0.05) is 17.3 Å². The van der Waals surface area contributed by atoms with E-state index in [0.29, 0.717) is 5.89 Å². The van der Waals surface area contributed by atoms with Gasteiger partial charge in [-0.2, -0.15) is 0 Å². The molecule has 0 atom stereocenters. The fraction of sp³-hybridized carbons (Fsp3) is 0.105. The van der Waals surface area contributed by atoms with E-state index in [-0.39, 0.29) is 5.41 Å².